The molecule has 0 aromatic rings. The molecule has 0 fully saturated rings. The topological polar surface area (TPSA) is 38.7 Å². The first kappa shape index (κ1) is 11.5. The summed E-state index contributed by atoms with van der Waals surface area (Å²) in [5, 5.41) is 2.20. The van der Waals surface area contributed by atoms with Crippen molar-refractivity contribution in [3.8, 4) is 0 Å². The number of thiocarbonyl (C=S) groups is 1. The van der Waals surface area contributed by atoms with Gasteiger partial charge < -0.3 is 4.43 Å². The molecule has 0 aromatic heterocycles. The van der Waals surface area contributed by atoms with Crippen molar-refractivity contribution in [2.45, 2.75) is 26.1 Å². The summed E-state index contributed by atoms with van der Waals surface area (Å²) in [5.74, 6) is -0.192. The molecule has 0 heterocycles. The molecular weight excluding hydrogens is 190 g/mol. The van der Waals surface area contributed by atoms with Gasteiger partial charge in [0, 0.05) is 0 Å². The van der Waals surface area contributed by atoms with Crippen molar-refractivity contribution >= 4 is 31.7 Å². The molecule has 0 aliphatic heterocycles. The van der Waals surface area contributed by atoms with Gasteiger partial charge in [0.05, 0.1) is 18.1 Å². The summed E-state index contributed by atoms with van der Waals surface area (Å²) in [6.45, 7) is 6.28. The quantitative estimate of drug-likeness (QED) is 0.398. The molecule has 0 spiro atoms. The van der Waals surface area contributed by atoms with Gasteiger partial charge in [-0.1, -0.05) is 0 Å². The zero-order valence-corrected chi connectivity index (χ0v) is 9.40. The molecule has 3 nitrogen and oxygen atoms in total. The van der Waals surface area contributed by atoms with Gasteiger partial charge in [-0.15, -0.1) is 0 Å². The molecule has 0 unspecified atom stereocenters. The molecule has 0 aliphatic rings. The van der Waals surface area contributed by atoms with Crippen molar-refractivity contribution in [1.29, 1.82) is 0 Å². The first-order valence-electron chi connectivity index (χ1n) is 3.71. The largest absolute Gasteiger partial charge is 0.520 e. The zero-order chi connectivity index (χ0) is 9.61. The maximum atomic E-state index is 11.0. The van der Waals surface area contributed by atoms with Crippen molar-refractivity contribution in [3.63, 3.8) is 0 Å². The maximum absolute atomic E-state index is 11.0. The summed E-state index contributed by atoms with van der Waals surface area (Å²) in [4.78, 5) is 14.6. The van der Waals surface area contributed by atoms with Gasteiger partial charge in [0.1, 0.15) is 0 Å². The summed E-state index contributed by atoms with van der Waals surface area (Å²) in [7, 11) is -1.72. The Hall–Kier alpha value is -0.513. The Morgan fingerprint density at radius 3 is 2.58 bits per heavy atom. The Bertz CT molecular complexity index is 206. The molecule has 12 heavy (non-hydrogen) atoms. The zero-order valence-electron chi connectivity index (χ0n) is 7.59. The SMILES string of the molecule is C[Si](C)(C)OC(=O)CCN=C=S. The number of nitrogens with zero attached hydrogens (tertiary/aromatic N) is 1. The monoisotopic (exact) mass is 203 g/mol. The minimum absolute atomic E-state index is 0.192. The predicted octanol–water partition coefficient (Wildman–Crippen LogP) is 1.86. The van der Waals surface area contributed by atoms with E-state index in [2.05, 4.69) is 22.4 Å². The molecule has 68 valence electrons. The third-order valence-electron chi connectivity index (χ3n) is 0.912. The van der Waals surface area contributed by atoms with Crippen LogP contribution < -0.4 is 0 Å². The Labute approximate surface area is 79.0 Å². The number of isothiocyanates is 1. The predicted molar refractivity (Wildman–Crippen MR) is 53.9 cm³/mol. The fourth-order valence-corrected chi connectivity index (χ4v) is 1.46. The molecule has 0 radical (unpaired) electrons. The van der Waals surface area contributed by atoms with Gasteiger partial charge in [-0.2, -0.15) is 0 Å². The van der Waals surface area contributed by atoms with E-state index in [9.17, 15) is 4.79 Å². The molecule has 0 bridgehead atoms. The molecule has 0 aliphatic carbocycles. The van der Waals surface area contributed by atoms with Crippen LogP contribution in [0.4, 0.5) is 0 Å². The minimum Gasteiger partial charge on any atom is -0.520 e. The standard InChI is InChI=1S/C7H13NO2SSi/c1-12(2,3)10-7(9)4-5-8-6-11/h4-5H2,1-3H3. The highest BCUT2D eigenvalue weighted by molar-refractivity contribution is 7.78. The normalized spacial score (nSPS) is 10.2. The van der Waals surface area contributed by atoms with Gasteiger partial charge in [0.15, 0.2) is 0 Å². The average molecular weight is 203 g/mol. The molecule has 0 saturated carbocycles. The second kappa shape index (κ2) is 5.19. The Morgan fingerprint density at radius 1 is 1.58 bits per heavy atom. The Balaban J connectivity index is 3.68. The second-order valence-electron chi connectivity index (χ2n) is 3.31. The number of aliphatic imine (C=N–C) groups is 1. The van der Waals surface area contributed by atoms with E-state index < -0.39 is 8.32 Å². The number of carbonyl (C=O) groups is 1. The van der Waals surface area contributed by atoms with Crippen molar-refractivity contribution in [3.05, 3.63) is 0 Å². The van der Waals surface area contributed by atoms with Crippen LogP contribution in [0, 0.1) is 0 Å². The summed E-state index contributed by atoms with van der Waals surface area (Å²) in [6, 6.07) is 0. The number of hydrogen-bond acceptors (Lipinski definition) is 4. The summed E-state index contributed by atoms with van der Waals surface area (Å²) >= 11 is 4.35. The van der Waals surface area contributed by atoms with Crippen LogP contribution in [0.3, 0.4) is 0 Å². The third-order valence-corrected chi connectivity index (χ3v) is 1.88. The molecule has 0 saturated heterocycles. The van der Waals surface area contributed by atoms with E-state index in [0.29, 0.717) is 13.0 Å². The van der Waals surface area contributed by atoms with Crippen molar-refractivity contribution in [2.75, 3.05) is 6.54 Å². The van der Waals surface area contributed by atoms with Gasteiger partial charge in [-0.3, -0.25) is 4.79 Å². The Kier molecular flexibility index (Phi) is 4.97. The third kappa shape index (κ3) is 7.59. The lowest BCUT2D eigenvalue weighted by Crippen LogP contribution is -2.29. The maximum Gasteiger partial charge on any atom is 0.294 e. The summed E-state index contributed by atoms with van der Waals surface area (Å²) < 4.78 is 5.16. The fraction of sp³-hybridized carbons (Fsp3) is 0.714. The van der Waals surface area contributed by atoms with Crippen LogP contribution >= 0.6 is 12.2 Å². The lowest BCUT2D eigenvalue weighted by molar-refractivity contribution is -0.134. The lowest BCUT2D eigenvalue weighted by atomic mass is 10.4. The molecule has 0 amide bonds. The Morgan fingerprint density at radius 2 is 2.17 bits per heavy atom. The van der Waals surface area contributed by atoms with Crippen molar-refractivity contribution in [2.24, 2.45) is 4.99 Å². The molecule has 5 heteroatoms. The van der Waals surface area contributed by atoms with Crippen LogP contribution in [-0.2, 0) is 9.22 Å². The van der Waals surface area contributed by atoms with E-state index in [1.54, 1.807) is 0 Å². The van der Waals surface area contributed by atoms with Crippen LogP contribution in [-0.4, -0.2) is 26.0 Å². The number of rotatable bonds is 4. The van der Waals surface area contributed by atoms with Gasteiger partial charge in [-0.05, 0) is 31.9 Å². The molecule has 0 rings (SSSR count). The van der Waals surface area contributed by atoms with Gasteiger partial charge in [0.2, 0.25) is 8.32 Å². The summed E-state index contributed by atoms with van der Waals surface area (Å²) in [5.41, 5.74) is 0. The van der Waals surface area contributed by atoms with Crippen LogP contribution in [0.15, 0.2) is 4.99 Å². The van der Waals surface area contributed by atoms with Gasteiger partial charge in [0.25, 0.3) is 5.97 Å². The highest BCUT2D eigenvalue weighted by Gasteiger charge is 2.19. The van der Waals surface area contributed by atoms with Crippen LogP contribution in [0.1, 0.15) is 6.42 Å². The van der Waals surface area contributed by atoms with Crippen molar-refractivity contribution in [1.82, 2.24) is 0 Å². The van der Waals surface area contributed by atoms with E-state index in [1.807, 2.05) is 19.6 Å². The van der Waals surface area contributed by atoms with E-state index in [0.717, 1.165) is 0 Å². The lowest BCUT2D eigenvalue weighted by Gasteiger charge is -2.16. The van der Waals surface area contributed by atoms with Crippen LogP contribution in [0.25, 0.3) is 0 Å². The highest BCUT2D eigenvalue weighted by Crippen LogP contribution is 2.03. The van der Waals surface area contributed by atoms with Crippen LogP contribution in [0.2, 0.25) is 19.6 Å². The number of carbonyl (C=O) groups excluding carboxylic acids is 1. The van der Waals surface area contributed by atoms with E-state index >= 15 is 0 Å². The minimum atomic E-state index is -1.72. The molecular formula is C7H13NO2SSi. The smallest absolute Gasteiger partial charge is 0.294 e. The van der Waals surface area contributed by atoms with Crippen molar-refractivity contribution < 1.29 is 9.22 Å². The molecule has 0 N–H and O–H groups in total. The summed E-state index contributed by atoms with van der Waals surface area (Å²) in [6.07, 6.45) is 0.300. The first-order chi connectivity index (χ1) is 5.45. The van der Waals surface area contributed by atoms with E-state index in [1.165, 1.54) is 0 Å². The first-order valence-corrected chi connectivity index (χ1v) is 7.53. The van der Waals surface area contributed by atoms with Crippen LogP contribution in [0.5, 0.6) is 0 Å². The van der Waals surface area contributed by atoms with Gasteiger partial charge >= 0.3 is 0 Å². The van der Waals surface area contributed by atoms with Gasteiger partial charge in [-0.25, -0.2) is 4.99 Å². The number of hydrogen-bond donors (Lipinski definition) is 0. The highest BCUT2D eigenvalue weighted by atomic mass is 32.1. The molecule has 0 aromatic carbocycles. The van der Waals surface area contributed by atoms with E-state index in [-0.39, 0.29) is 5.97 Å². The average Bonchev–Trinajstić information content (AvgIpc) is 1.84. The fourth-order valence-electron chi connectivity index (χ4n) is 0.585. The van der Waals surface area contributed by atoms with E-state index in [4.69, 9.17) is 4.43 Å². The second-order valence-corrected chi connectivity index (χ2v) is 7.92. The molecule has 0 atom stereocenters.